The first kappa shape index (κ1) is 17.3. The van der Waals surface area contributed by atoms with E-state index in [2.05, 4.69) is 0 Å². The van der Waals surface area contributed by atoms with Crippen molar-refractivity contribution in [3.05, 3.63) is 53.6 Å². The summed E-state index contributed by atoms with van der Waals surface area (Å²) in [6.07, 6.45) is 6.60. The smallest absolute Gasteiger partial charge is 0.254 e. The van der Waals surface area contributed by atoms with Crippen LogP contribution in [0.25, 0.3) is 0 Å². The van der Waals surface area contributed by atoms with Gasteiger partial charge in [-0.2, -0.15) is 0 Å². The maximum Gasteiger partial charge on any atom is 0.254 e. The zero-order valence-corrected chi connectivity index (χ0v) is 15.8. The summed E-state index contributed by atoms with van der Waals surface area (Å²) in [5.41, 5.74) is 1.84. The summed E-state index contributed by atoms with van der Waals surface area (Å²) in [6, 6.07) is 14.2. The number of ether oxygens (including phenoxy) is 2. The maximum absolute atomic E-state index is 13.2. The van der Waals surface area contributed by atoms with Gasteiger partial charge in [-0.1, -0.05) is 18.9 Å². The Hall–Kier alpha value is -2.14. The molecular formula is C21H23NO3S. The molecule has 136 valence electrons. The molecule has 4 rings (SSSR count). The minimum absolute atomic E-state index is 0.113. The monoisotopic (exact) mass is 369 g/mol. The molecule has 1 amide bonds. The number of nitrogens with zero attached hydrogens (tertiary/aromatic N) is 1. The number of hydrogen-bond donors (Lipinski definition) is 0. The summed E-state index contributed by atoms with van der Waals surface area (Å²) in [4.78, 5) is 16.4. The van der Waals surface area contributed by atoms with Gasteiger partial charge in [-0.3, -0.25) is 4.79 Å². The number of benzene rings is 2. The second kappa shape index (κ2) is 7.62. The van der Waals surface area contributed by atoms with E-state index in [1.54, 1.807) is 11.8 Å². The van der Waals surface area contributed by atoms with Gasteiger partial charge in [0.2, 0.25) is 6.79 Å². The van der Waals surface area contributed by atoms with Crippen LogP contribution in [0.2, 0.25) is 0 Å². The van der Waals surface area contributed by atoms with Crippen LogP contribution in [-0.2, 0) is 6.54 Å². The Labute approximate surface area is 158 Å². The van der Waals surface area contributed by atoms with Gasteiger partial charge in [-0.25, -0.2) is 0 Å². The van der Waals surface area contributed by atoms with Crippen LogP contribution >= 0.6 is 11.8 Å². The molecule has 0 bridgehead atoms. The van der Waals surface area contributed by atoms with Gasteiger partial charge in [0.05, 0.1) is 0 Å². The largest absolute Gasteiger partial charge is 0.454 e. The number of rotatable bonds is 5. The highest BCUT2D eigenvalue weighted by molar-refractivity contribution is 7.98. The van der Waals surface area contributed by atoms with Gasteiger partial charge in [-0.05, 0) is 61.1 Å². The number of thioether (sulfide) groups is 1. The fourth-order valence-corrected chi connectivity index (χ4v) is 4.13. The Morgan fingerprint density at radius 3 is 2.54 bits per heavy atom. The number of hydrogen-bond acceptors (Lipinski definition) is 4. The fraction of sp³-hybridized carbons (Fsp3) is 0.381. The van der Waals surface area contributed by atoms with Gasteiger partial charge in [0.1, 0.15) is 0 Å². The van der Waals surface area contributed by atoms with Crippen molar-refractivity contribution < 1.29 is 14.3 Å². The van der Waals surface area contributed by atoms with Crippen molar-refractivity contribution in [1.82, 2.24) is 4.90 Å². The van der Waals surface area contributed by atoms with Crippen LogP contribution in [0.1, 0.15) is 41.6 Å². The third-order valence-corrected chi connectivity index (χ3v) is 5.90. The summed E-state index contributed by atoms with van der Waals surface area (Å²) in [7, 11) is 0. The summed E-state index contributed by atoms with van der Waals surface area (Å²) < 4.78 is 10.9. The van der Waals surface area contributed by atoms with Crippen LogP contribution in [-0.4, -0.2) is 29.9 Å². The molecule has 0 unspecified atom stereocenters. The van der Waals surface area contributed by atoms with E-state index in [1.807, 2.05) is 53.6 Å². The molecule has 0 radical (unpaired) electrons. The molecule has 5 heteroatoms. The van der Waals surface area contributed by atoms with Crippen LogP contribution in [0.15, 0.2) is 47.4 Å². The molecule has 1 aliphatic heterocycles. The van der Waals surface area contributed by atoms with Crippen molar-refractivity contribution in [2.75, 3.05) is 13.0 Å². The number of amides is 1. The molecule has 26 heavy (non-hydrogen) atoms. The highest BCUT2D eigenvalue weighted by atomic mass is 32.2. The molecule has 2 aromatic rings. The highest BCUT2D eigenvalue weighted by Gasteiger charge is 2.28. The first-order chi connectivity index (χ1) is 12.7. The van der Waals surface area contributed by atoms with Crippen molar-refractivity contribution >= 4 is 17.7 Å². The third kappa shape index (κ3) is 3.54. The third-order valence-electron chi connectivity index (χ3n) is 5.15. The molecule has 2 aromatic carbocycles. The molecule has 4 nitrogen and oxygen atoms in total. The Kier molecular flexibility index (Phi) is 5.07. The van der Waals surface area contributed by atoms with Gasteiger partial charge >= 0.3 is 0 Å². The molecule has 0 aromatic heterocycles. The topological polar surface area (TPSA) is 38.8 Å². The Morgan fingerprint density at radius 1 is 1.08 bits per heavy atom. The zero-order valence-electron chi connectivity index (χ0n) is 14.9. The second-order valence-corrected chi connectivity index (χ2v) is 7.67. The van der Waals surface area contributed by atoms with Crippen LogP contribution in [0.3, 0.4) is 0 Å². The molecular weight excluding hydrogens is 346 g/mol. The lowest BCUT2D eigenvalue weighted by Gasteiger charge is -2.29. The number of carbonyl (C=O) groups excluding carboxylic acids is 1. The van der Waals surface area contributed by atoms with Crippen LogP contribution in [0.5, 0.6) is 11.5 Å². The maximum atomic E-state index is 13.2. The standard InChI is InChI=1S/C21H23NO3S/c1-26-18-9-7-16(8-10-18)21(23)22(17-4-2-3-5-17)13-15-6-11-19-20(12-15)25-14-24-19/h6-12,17H,2-5,13-14H2,1H3. The molecule has 0 spiro atoms. The van der Waals surface area contributed by atoms with Crippen molar-refractivity contribution in [2.45, 2.75) is 43.2 Å². The molecule has 1 heterocycles. The van der Waals surface area contributed by atoms with E-state index in [0.29, 0.717) is 12.6 Å². The minimum atomic E-state index is 0.113. The molecule has 0 N–H and O–H groups in total. The van der Waals surface area contributed by atoms with Gasteiger partial charge in [-0.15, -0.1) is 11.8 Å². The summed E-state index contributed by atoms with van der Waals surface area (Å²) in [5.74, 6) is 1.66. The van der Waals surface area contributed by atoms with E-state index in [0.717, 1.165) is 35.5 Å². The normalized spacial score (nSPS) is 16.0. The van der Waals surface area contributed by atoms with Crippen molar-refractivity contribution in [3.63, 3.8) is 0 Å². The van der Waals surface area contributed by atoms with Gasteiger partial charge in [0, 0.05) is 23.0 Å². The lowest BCUT2D eigenvalue weighted by Crippen LogP contribution is -2.38. The van der Waals surface area contributed by atoms with E-state index >= 15 is 0 Å². The Morgan fingerprint density at radius 2 is 1.81 bits per heavy atom. The van der Waals surface area contributed by atoms with Crippen LogP contribution in [0, 0.1) is 0 Å². The number of fused-ring (bicyclic) bond motifs is 1. The first-order valence-electron chi connectivity index (χ1n) is 9.08. The lowest BCUT2D eigenvalue weighted by atomic mass is 10.1. The van der Waals surface area contributed by atoms with Crippen LogP contribution < -0.4 is 9.47 Å². The van der Waals surface area contributed by atoms with Crippen molar-refractivity contribution in [3.8, 4) is 11.5 Å². The molecule has 1 aliphatic carbocycles. The fourth-order valence-electron chi connectivity index (χ4n) is 3.72. The van der Waals surface area contributed by atoms with Crippen LogP contribution in [0.4, 0.5) is 0 Å². The SMILES string of the molecule is CSc1ccc(C(=O)N(Cc2ccc3c(c2)OCO3)C2CCCC2)cc1. The van der Waals surface area contributed by atoms with E-state index in [1.165, 1.54) is 17.7 Å². The molecule has 0 saturated heterocycles. The zero-order chi connectivity index (χ0) is 17.9. The Bertz CT molecular complexity index is 784. The lowest BCUT2D eigenvalue weighted by molar-refractivity contribution is 0.0664. The van der Waals surface area contributed by atoms with E-state index in [-0.39, 0.29) is 12.7 Å². The van der Waals surface area contributed by atoms with E-state index < -0.39 is 0 Å². The average Bonchev–Trinajstić information content (AvgIpc) is 3.37. The molecule has 0 atom stereocenters. The van der Waals surface area contributed by atoms with Gasteiger partial charge in [0.25, 0.3) is 5.91 Å². The number of carbonyl (C=O) groups is 1. The average molecular weight is 369 g/mol. The van der Waals surface area contributed by atoms with E-state index in [9.17, 15) is 4.79 Å². The van der Waals surface area contributed by atoms with Crippen molar-refractivity contribution in [1.29, 1.82) is 0 Å². The summed E-state index contributed by atoms with van der Waals surface area (Å²) >= 11 is 1.69. The first-order valence-corrected chi connectivity index (χ1v) is 10.3. The van der Waals surface area contributed by atoms with Gasteiger partial charge < -0.3 is 14.4 Å². The van der Waals surface area contributed by atoms with Gasteiger partial charge in [0.15, 0.2) is 11.5 Å². The van der Waals surface area contributed by atoms with Crippen molar-refractivity contribution in [2.24, 2.45) is 0 Å². The molecule has 2 aliphatic rings. The quantitative estimate of drug-likeness (QED) is 0.715. The minimum Gasteiger partial charge on any atom is -0.454 e. The Balaban J connectivity index is 1.58. The molecule has 1 fully saturated rings. The summed E-state index contributed by atoms with van der Waals surface area (Å²) in [6.45, 7) is 0.871. The predicted molar refractivity (Wildman–Crippen MR) is 103 cm³/mol. The molecule has 1 saturated carbocycles. The highest BCUT2D eigenvalue weighted by Crippen LogP contribution is 2.34. The summed E-state index contributed by atoms with van der Waals surface area (Å²) in [5, 5.41) is 0. The van der Waals surface area contributed by atoms with E-state index in [4.69, 9.17) is 9.47 Å². The predicted octanol–water partition coefficient (Wildman–Crippen LogP) is 4.72. The second-order valence-electron chi connectivity index (χ2n) is 6.79.